The van der Waals surface area contributed by atoms with Crippen molar-refractivity contribution in [3.8, 4) is 0 Å². The number of pyridine rings is 1. The standard InChI is InChI=1S/C16H18N4/c1-12-5-4-10-18-14(12)11-20-15-7-3-2-6-13(15)19-16(20)8-9-17/h2-7,10H,8-9,11,17H2,1H3. The number of aromatic nitrogens is 3. The second-order valence-electron chi connectivity index (χ2n) is 4.91. The number of hydrogen-bond donors (Lipinski definition) is 1. The molecule has 3 aromatic rings. The van der Waals surface area contributed by atoms with Crippen LogP contribution in [-0.4, -0.2) is 21.1 Å². The molecule has 102 valence electrons. The van der Waals surface area contributed by atoms with Gasteiger partial charge in [0.05, 0.1) is 23.3 Å². The molecule has 0 radical (unpaired) electrons. The number of para-hydroxylation sites is 2. The molecule has 0 fully saturated rings. The molecule has 2 aromatic heterocycles. The van der Waals surface area contributed by atoms with Gasteiger partial charge in [-0.3, -0.25) is 4.98 Å². The molecule has 4 heteroatoms. The highest BCUT2D eigenvalue weighted by Gasteiger charge is 2.11. The van der Waals surface area contributed by atoms with Gasteiger partial charge in [0.25, 0.3) is 0 Å². The summed E-state index contributed by atoms with van der Waals surface area (Å²) in [7, 11) is 0. The molecule has 0 unspecified atom stereocenters. The fraction of sp³-hybridized carbons (Fsp3) is 0.250. The van der Waals surface area contributed by atoms with Crippen molar-refractivity contribution in [3.63, 3.8) is 0 Å². The van der Waals surface area contributed by atoms with Crippen molar-refractivity contribution >= 4 is 11.0 Å². The molecule has 0 saturated heterocycles. The first-order valence-electron chi connectivity index (χ1n) is 6.84. The van der Waals surface area contributed by atoms with Gasteiger partial charge in [-0.15, -0.1) is 0 Å². The Morgan fingerprint density at radius 3 is 2.80 bits per heavy atom. The molecule has 4 nitrogen and oxygen atoms in total. The number of hydrogen-bond acceptors (Lipinski definition) is 3. The van der Waals surface area contributed by atoms with Crippen LogP contribution in [0.5, 0.6) is 0 Å². The molecule has 0 amide bonds. The Labute approximate surface area is 118 Å². The molecule has 2 N–H and O–H groups in total. The summed E-state index contributed by atoms with van der Waals surface area (Å²) in [4.78, 5) is 9.16. The molecular weight excluding hydrogens is 248 g/mol. The number of rotatable bonds is 4. The SMILES string of the molecule is Cc1cccnc1Cn1c(CCN)nc2ccccc21. The predicted octanol–water partition coefficient (Wildman–Crippen LogP) is 2.29. The first kappa shape index (κ1) is 12.8. The molecule has 0 atom stereocenters. The lowest BCUT2D eigenvalue weighted by Gasteiger charge is -2.10. The topological polar surface area (TPSA) is 56.7 Å². The maximum atomic E-state index is 5.71. The van der Waals surface area contributed by atoms with Gasteiger partial charge < -0.3 is 10.3 Å². The molecule has 0 saturated carbocycles. The summed E-state index contributed by atoms with van der Waals surface area (Å²) in [6, 6.07) is 12.2. The number of nitrogens with two attached hydrogens (primary N) is 1. The van der Waals surface area contributed by atoms with E-state index in [0.29, 0.717) is 6.54 Å². The zero-order valence-corrected chi connectivity index (χ0v) is 11.6. The second kappa shape index (κ2) is 5.43. The third-order valence-corrected chi connectivity index (χ3v) is 3.53. The zero-order valence-electron chi connectivity index (χ0n) is 11.6. The smallest absolute Gasteiger partial charge is 0.111 e. The normalized spacial score (nSPS) is 11.1. The van der Waals surface area contributed by atoms with Crippen LogP contribution in [0.25, 0.3) is 11.0 Å². The lowest BCUT2D eigenvalue weighted by atomic mass is 10.2. The molecule has 3 rings (SSSR count). The Morgan fingerprint density at radius 2 is 2.00 bits per heavy atom. The summed E-state index contributed by atoms with van der Waals surface area (Å²) in [5.74, 6) is 1.03. The van der Waals surface area contributed by atoms with E-state index in [1.54, 1.807) is 0 Å². The van der Waals surface area contributed by atoms with Crippen molar-refractivity contribution in [2.24, 2.45) is 5.73 Å². The van der Waals surface area contributed by atoms with E-state index in [-0.39, 0.29) is 0 Å². The largest absolute Gasteiger partial charge is 0.330 e. The van der Waals surface area contributed by atoms with E-state index in [1.165, 1.54) is 5.56 Å². The molecule has 0 aliphatic rings. The molecule has 1 aromatic carbocycles. The molecule has 0 aliphatic heterocycles. The maximum Gasteiger partial charge on any atom is 0.111 e. The third kappa shape index (κ3) is 2.30. The highest BCUT2D eigenvalue weighted by atomic mass is 15.1. The number of nitrogens with zero attached hydrogens (tertiary/aromatic N) is 3. The van der Waals surface area contributed by atoms with Crippen molar-refractivity contribution in [2.45, 2.75) is 19.9 Å². The third-order valence-electron chi connectivity index (χ3n) is 3.53. The van der Waals surface area contributed by atoms with Crippen LogP contribution in [0.1, 0.15) is 17.1 Å². The molecule has 0 aliphatic carbocycles. The highest BCUT2D eigenvalue weighted by Crippen LogP contribution is 2.18. The Hall–Kier alpha value is -2.20. The Bertz CT molecular complexity index is 730. The predicted molar refractivity (Wildman–Crippen MR) is 80.6 cm³/mol. The van der Waals surface area contributed by atoms with E-state index in [0.717, 1.165) is 35.5 Å². The van der Waals surface area contributed by atoms with Crippen molar-refractivity contribution in [1.82, 2.24) is 14.5 Å². The van der Waals surface area contributed by atoms with Crippen LogP contribution in [0.4, 0.5) is 0 Å². The lowest BCUT2D eigenvalue weighted by Crippen LogP contribution is -2.12. The Morgan fingerprint density at radius 1 is 1.15 bits per heavy atom. The van der Waals surface area contributed by atoms with E-state index < -0.39 is 0 Å². The van der Waals surface area contributed by atoms with E-state index >= 15 is 0 Å². The van der Waals surface area contributed by atoms with E-state index in [1.807, 2.05) is 30.5 Å². The van der Waals surface area contributed by atoms with Gasteiger partial charge in [-0.1, -0.05) is 18.2 Å². The van der Waals surface area contributed by atoms with Gasteiger partial charge in [0.2, 0.25) is 0 Å². The first-order valence-corrected chi connectivity index (χ1v) is 6.84. The molecule has 2 heterocycles. The average Bonchev–Trinajstić information content (AvgIpc) is 2.80. The highest BCUT2D eigenvalue weighted by molar-refractivity contribution is 5.76. The summed E-state index contributed by atoms with van der Waals surface area (Å²) in [6.07, 6.45) is 2.62. The minimum Gasteiger partial charge on any atom is -0.330 e. The first-order chi connectivity index (χ1) is 9.79. The quantitative estimate of drug-likeness (QED) is 0.788. The van der Waals surface area contributed by atoms with E-state index in [2.05, 4.69) is 33.6 Å². The molecule has 0 spiro atoms. The van der Waals surface area contributed by atoms with E-state index in [4.69, 9.17) is 5.73 Å². The second-order valence-corrected chi connectivity index (χ2v) is 4.91. The van der Waals surface area contributed by atoms with Gasteiger partial charge in [-0.05, 0) is 37.2 Å². The summed E-state index contributed by atoms with van der Waals surface area (Å²) < 4.78 is 2.22. The number of imidazole rings is 1. The zero-order chi connectivity index (χ0) is 13.9. The minimum absolute atomic E-state index is 0.602. The fourth-order valence-electron chi connectivity index (χ4n) is 2.46. The number of benzene rings is 1. The Kier molecular flexibility index (Phi) is 3.48. The van der Waals surface area contributed by atoms with Crippen molar-refractivity contribution < 1.29 is 0 Å². The van der Waals surface area contributed by atoms with Crippen molar-refractivity contribution in [2.75, 3.05) is 6.54 Å². The minimum atomic E-state index is 0.602. The van der Waals surface area contributed by atoms with Gasteiger partial charge in [-0.25, -0.2) is 4.98 Å². The average molecular weight is 266 g/mol. The van der Waals surface area contributed by atoms with Crippen molar-refractivity contribution in [3.05, 3.63) is 59.7 Å². The number of aryl methyl sites for hydroxylation is 1. The summed E-state index contributed by atoms with van der Waals surface area (Å²) in [5, 5.41) is 0. The van der Waals surface area contributed by atoms with Crippen LogP contribution in [0.2, 0.25) is 0 Å². The lowest BCUT2D eigenvalue weighted by molar-refractivity contribution is 0.717. The van der Waals surface area contributed by atoms with Crippen LogP contribution < -0.4 is 5.73 Å². The monoisotopic (exact) mass is 266 g/mol. The molecule has 0 bridgehead atoms. The van der Waals surface area contributed by atoms with Gasteiger partial charge in [-0.2, -0.15) is 0 Å². The summed E-state index contributed by atoms with van der Waals surface area (Å²) >= 11 is 0. The van der Waals surface area contributed by atoms with Crippen molar-refractivity contribution in [1.29, 1.82) is 0 Å². The van der Waals surface area contributed by atoms with Gasteiger partial charge >= 0.3 is 0 Å². The van der Waals surface area contributed by atoms with Gasteiger partial charge in [0, 0.05) is 12.6 Å². The summed E-state index contributed by atoms with van der Waals surface area (Å²) in [5.41, 5.74) is 10.1. The van der Waals surface area contributed by atoms with E-state index in [9.17, 15) is 0 Å². The van der Waals surface area contributed by atoms with Gasteiger partial charge in [0.15, 0.2) is 0 Å². The van der Waals surface area contributed by atoms with Crippen LogP contribution >= 0.6 is 0 Å². The maximum absolute atomic E-state index is 5.71. The summed E-state index contributed by atoms with van der Waals surface area (Å²) in [6.45, 7) is 3.43. The van der Waals surface area contributed by atoms with Crippen LogP contribution in [0.15, 0.2) is 42.6 Å². The fourth-order valence-corrected chi connectivity index (χ4v) is 2.46. The van der Waals surface area contributed by atoms with Crippen LogP contribution in [0.3, 0.4) is 0 Å². The van der Waals surface area contributed by atoms with Crippen LogP contribution in [0, 0.1) is 6.92 Å². The molecular formula is C16H18N4. The Balaban J connectivity index is 2.09. The molecule has 20 heavy (non-hydrogen) atoms. The number of fused-ring (bicyclic) bond motifs is 1. The van der Waals surface area contributed by atoms with Gasteiger partial charge in [0.1, 0.15) is 5.82 Å². The van der Waals surface area contributed by atoms with Crippen LogP contribution in [-0.2, 0) is 13.0 Å².